The van der Waals surface area contributed by atoms with Gasteiger partial charge in [0.05, 0.1) is 40.7 Å². The normalized spacial score (nSPS) is 13.3. The first kappa shape index (κ1) is 37.0. The van der Waals surface area contributed by atoms with Crippen molar-refractivity contribution in [1.82, 2.24) is 19.8 Å². The molecule has 1 saturated heterocycles. The molecule has 0 aliphatic carbocycles. The van der Waals surface area contributed by atoms with Crippen LogP contribution in [0.3, 0.4) is 0 Å². The van der Waals surface area contributed by atoms with E-state index in [0.717, 1.165) is 55.8 Å². The monoisotopic (exact) mass is 700 g/mol. The third-order valence-electron chi connectivity index (χ3n) is 8.66. The summed E-state index contributed by atoms with van der Waals surface area (Å²) in [6, 6.07) is 14.2. The highest BCUT2D eigenvalue weighted by Crippen LogP contribution is 2.41. The van der Waals surface area contributed by atoms with Gasteiger partial charge in [-0.3, -0.25) is 0 Å². The second-order valence-electron chi connectivity index (χ2n) is 12.4. The molecule has 0 unspecified atom stereocenters. The van der Waals surface area contributed by atoms with Crippen molar-refractivity contribution in [2.24, 2.45) is 0 Å². The molecule has 0 saturated carbocycles. The Morgan fingerprint density at radius 1 is 0.824 bits per heavy atom. The number of piperazine rings is 1. The van der Waals surface area contributed by atoms with Crippen LogP contribution in [0, 0.1) is 20.8 Å². The second-order valence-corrected chi connectivity index (χ2v) is 12.4. The topological polar surface area (TPSA) is 120 Å². The zero-order chi connectivity index (χ0) is 36.5. The summed E-state index contributed by atoms with van der Waals surface area (Å²) in [5.74, 6) is 3.17. The number of hydrogen-bond donors (Lipinski definition) is 1. The first-order valence-corrected chi connectivity index (χ1v) is 16.9. The maximum Gasteiger partial charge on any atom is 0.425 e. The highest BCUT2D eigenvalue weighted by Gasteiger charge is 2.27. The van der Waals surface area contributed by atoms with Gasteiger partial charge in [0.25, 0.3) is 0 Å². The van der Waals surface area contributed by atoms with Gasteiger partial charge in [0.2, 0.25) is 11.7 Å². The number of nitrogens with zero attached hydrogens (tertiary/aromatic N) is 5. The molecule has 13 nitrogen and oxygen atoms in total. The van der Waals surface area contributed by atoms with Crippen molar-refractivity contribution in [3.63, 3.8) is 0 Å². The van der Waals surface area contributed by atoms with E-state index < -0.39 is 6.09 Å². The van der Waals surface area contributed by atoms with E-state index in [4.69, 9.17) is 33.4 Å². The van der Waals surface area contributed by atoms with Crippen LogP contribution in [0.15, 0.2) is 54.7 Å². The van der Waals surface area contributed by atoms with Gasteiger partial charge in [-0.05, 0) is 57.5 Å². The Morgan fingerprint density at radius 2 is 1.49 bits per heavy atom. The van der Waals surface area contributed by atoms with Crippen LogP contribution in [0.5, 0.6) is 34.5 Å². The molecule has 0 spiro atoms. The van der Waals surface area contributed by atoms with E-state index in [0.29, 0.717) is 52.5 Å². The van der Waals surface area contributed by atoms with Crippen molar-refractivity contribution in [2.75, 3.05) is 85.0 Å². The number of methoxy groups -OCH3 is 4. The third-order valence-corrected chi connectivity index (χ3v) is 8.66. The van der Waals surface area contributed by atoms with Gasteiger partial charge in [-0.25, -0.2) is 14.7 Å². The van der Waals surface area contributed by atoms with Gasteiger partial charge >= 0.3 is 6.09 Å². The number of anilines is 4. The number of nitrogens with one attached hydrogen (secondary N) is 1. The summed E-state index contributed by atoms with van der Waals surface area (Å²) < 4.78 is 34.3. The summed E-state index contributed by atoms with van der Waals surface area (Å²) >= 11 is 0. The molecule has 4 aromatic rings. The number of aryl methyl sites for hydroxylation is 3. The number of amides is 1. The van der Waals surface area contributed by atoms with Crippen LogP contribution in [0.1, 0.15) is 23.1 Å². The molecule has 1 aromatic heterocycles. The van der Waals surface area contributed by atoms with Gasteiger partial charge in [0, 0.05) is 68.9 Å². The zero-order valence-corrected chi connectivity index (χ0v) is 30.7. The van der Waals surface area contributed by atoms with E-state index in [2.05, 4.69) is 27.1 Å². The molecule has 13 heteroatoms. The lowest BCUT2D eigenvalue weighted by molar-refractivity contribution is 0.144. The van der Waals surface area contributed by atoms with Gasteiger partial charge in [0.15, 0.2) is 23.0 Å². The number of benzene rings is 3. The average Bonchev–Trinajstić information content (AvgIpc) is 3.12. The molecule has 1 amide bonds. The highest BCUT2D eigenvalue weighted by atomic mass is 16.6. The molecule has 0 atom stereocenters. The van der Waals surface area contributed by atoms with Gasteiger partial charge in [-0.15, -0.1) is 0 Å². The van der Waals surface area contributed by atoms with E-state index in [1.165, 1.54) is 12.0 Å². The van der Waals surface area contributed by atoms with E-state index >= 15 is 0 Å². The summed E-state index contributed by atoms with van der Waals surface area (Å²) in [4.78, 5) is 29.5. The van der Waals surface area contributed by atoms with Gasteiger partial charge in [-0.2, -0.15) is 4.98 Å². The Hall–Kier alpha value is -5.27. The van der Waals surface area contributed by atoms with Crippen LogP contribution in [-0.2, 0) is 0 Å². The third kappa shape index (κ3) is 9.10. The summed E-state index contributed by atoms with van der Waals surface area (Å²) in [5.41, 5.74) is 4.04. The standard InChI is InChI=1S/C38H48N6O7/c1-25-20-26(2)35(27(3)21-25)44(38(45)51-30-11-10-29(46-5)24-31(30)47-6)34-12-13-39-37(41-34)40-28-22-32(48-7)36(33(23-28)49-8)50-19-9-14-43-17-15-42(4)16-18-43/h10-13,20-24H,9,14-19H2,1-8H3,(H,39,40,41). The molecule has 0 bridgehead atoms. The number of ether oxygens (including phenoxy) is 6. The van der Waals surface area contributed by atoms with Crippen molar-refractivity contribution in [3.05, 3.63) is 71.4 Å². The van der Waals surface area contributed by atoms with Crippen molar-refractivity contribution in [3.8, 4) is 34.5 Å². The molecule has 51 heavy (non-hydrogen) atoms. The molecule has 5 rings (SSSR count). The maximum atomic E-state index is 14.1. The Kier molecular flexibility index (Phi) is 12.4. The summed E-state index contributed by atoms with van der Waals surface area (Å²) in [5, 5.41) is 3.24. The number of carbonyl (C=O) groups excluding carboxylic acids is 1. The fourth-order valence-corrected chi connectivity index (χ4v) is 6.11. The van der Waals surface area contributed by atoms with E-state index in [9.17, 15) is 4.79 Å². The van der Waals surface area contributed by atoms with Gasteiger partial charge < -0.3 is 43.5 Å². The SMILES string of the molecule is COc1ccc(OC(=O)N(c2ccnc(Nc3cc(OC)c(OCCCN4CCN(C)CC4)c(OC)c3)n2)c2c(C)cc(C)cc2C)c(OC)c1. The van der Waals surface area contributed by atoms with Crippen LogP contribution < -0.4 is 38.6 Å². The molecule has 1 N–H and O–H groups in total. The predicted molar refractivity (Wildman–Crippen MR) is 197 cm³/mol. The highest BCUT2D eigenvalue weighted by molar-refractivity contribution is 5.98. The van der Waals surface area contributed by atoms with Crippen LogP contribution in [0.25, 0.3) is 0 Å². The van der Waals surface area contributed by atoms with Crippen molar-refractivity contribution < 1.29 is 33.2 Å². The first-order valence-electron chi connectivity index (χ1n) is 16.9. The number of rotatable bonds is 14. The molecule has 1 fully saturated rings. The minimum absolute atomic E-state index is 0.226. The molecular formula is C38H48N6O7. The van der Waals surface area contributed by atoms with Crippen molar-refractivity contribution >= 4 is 29.2 Å². The maximum absolute atomic E-state index is 14.1. The fourth-order valence-electron chi connectivity index (χ4n) is 6.11. The molecule has 2 heterocycles. The predicted octanol–water partition coefficient (Wildman–Crippen LogP) is 6.53. The van der Waals surface area contributed by atoms with Crippen molar-refractivity contribution in [1.29, 1.82) is 0 Å². The Balaban J connectivity index is 1.40. The van der Waals surface area contributed by atoms with Crippen molar-refractivity contribution in [2.45, 2.75) is 27.2 Å². The Bertz CT molecular complexity index is 1760. The number of hydrogen-bond acceptors (Lipinski definition) is 12. The molecule has 1 aliphatic heterocycles. The lowest BCUT2D eigenvalue weighted by Gasteiger charge is -2.32. The quantitative estimate of drug-likeness (QED) is 0.144. The molecule has 1 aliphatic rings. The molecular weight excluding hydrogens is 652 g/mol. The van der Waals surface area contributed by atoms with Crippen LogP contribution in [-0.4, -0.2) is 101 Å². The Labute approximate surface area is 300 Å². The largest absolute Gasteiger partial charge is 0.497 e. The Morgan fingerprint density at radius 3 is 2.12 bits per heavy atom. The second kappa shape index (κ2) is 17.1. The smallest absolute Gasteiger partial charge is 0.425 e. The first-order chi connectivity index (χ1) is 24.6. The zero-order valence-electron chi connectivity index (χ0n) is 30.7. The number of likely N-dealkylation sites (N-methyl/N-ethyl adjacent to an activating group) is 1. The summed E-state index contributed by atoms with van der Waals surface area (Å²) in [6.07, 6.45) is 1.76. The number of carbonyl (C=O) groups is 1. The fraction of sp³-hybridized carbons (Fsp3) is 0.395. The lowest BCUT2D eigenvalue weighted by Crippen LogP contribution is -2.44. The van der Waals surface area contributed by atoms with E-state index in [1.54, 1.807) is 63.9 Å². The minimum Gasteiger partial charge on any atom is -0.497 e. The van der Waals surface area contributed by atoms with E-state index in [-0.39, 0.29) is 11.7 Å². The van der Waals surface area contributed by atoms with Gasteiger partial charge in [0.1, 0.15) is 11.6 Å². The van der Waals surface area contributed by atoms with E-state index in [1.807, 2.05) is 32.9 Å². The average molecular weight is 701 g/mol. The summed E-state index contributed by atoms with van der Waals surface area (Å²) in [7, 11) is 8.37. The number of aromatic nitrogens is 2. The lowest BCUT2D eigenvalue weighted by atomic mass is 10.0. The molecule has 3 aromatic carbocycles. The summed E-state index contributed by atoms with van der Waals surface area (Å²) in [6.45, 7) is 11.7. The van der Waals surface area contributed by atoms with Gasteiger partial charge in [-0.1, -0.05) is 17.7 Å². The van der Waals surface area contributed by atoms with Crippen LogP contribution in [0.2, 0.25) is 0 Å². The van der Waals surface area contributed by atoms with Crippen LogP contribution in [0.4, 0.5) is 27.9 Å². The molecule has 0 radical (unpaired) electrons. The minimum atomic E-state index is -0.685. The molecule has 272 valence electrons. The van der Waals surface area contributed by atoms with Crippen LogP contribution >= 0.6 is 0 Å².